The zero-order valence-corrected chi connectivity index (χ0v) is 8.14. The molecular formula is C8H15NSi. The predicted octanol–water partition coefficient (Wildman–Crippen LogP) is 1.14. The molecule has 1 nitrogen and oxygen atoms in total. The highest BCUT2D eigenvalue weighted by molar-refractivity contribution is 6.44. The molecule has 0 spiro atoms. The standard InChI is InChI=1S/C8H15NSi/c1-4-8(9)6-5-7(2)10-3/h4-6H,2,9-10H2,1,3H3/b6-5-,8-4+. The lowest BCUT2D eigenvalue weighted by atomic mass is 10.4. The molecule has 0 bridgehead atoms. The van der Waals surface area contributed by atoms with Crippen LogP contribution in [0.25, 0.3) is 0 Å². The Morgan fingerprint density at radius 3 is 2.50 bits per heavy atom. The molecular weight excluding hydrogens is 138 g/mol. The second-order valence-corrected chi connectivity index (χ2v) is 3.75. The lowest BCUT2D eigenvalue weighted by Gasteiger charge is -1.91. The average molecular weight is 153 g/mol. The summed E-state index contributed by atoms with van der Waals surface area (Å²) in [7, 11) is -0.0763. The highest BCUT2D eigenvalue weighted by Gasteiger charge is 1.81. The molecule has 0 radical (unpaired) electrons. The van der Waals surface area contributed by atoms with Crippen LogP contribution in [0.4, 0.5) is 0 Å². The van der Waals surface area contributed by atoms with Gasteiger partial charge in [-0.1, -0.05) is 23.9 Å². The van der Waals surface area contributed by atoms with Crippen LogP contribution in [0, 0.1) is 0 Å². The fourth-order valence-electron chi connectivity index (χ4n) is 0.428. The largest absolute Gasteiger partial charge is 0.399 e. The van der Waals surface area contributed by atoms with Crippen molar-refractivity contribution in [2.24, 2.45) is 5.73 Å². The molecule has 0 atom stereocenters. The summed E-state index contributed by atoms with van der Waals surface area (Å²) in [6.07, 6.45) is 5.78. The van der Waals surface area contributed by atoms with Crippen molar-refractivity contribution in [1.82, 2.24) is 0 Å². The third-order valence-electron chi connectivity index (χ3n) is 1.30. The summed E-state index contributed by atoms with van der Waals surface area (Å²) in [5.41, 5.74) is 6.33. The summed E-state index contributed by atoms with van der Waals surface area (Å²) >= 11 is 0. The van der Waals surface area contributed by atoms with Crippen molar-refractivity contribution in [2.45, 2.75) is 13.5 Å². The topological polar surface area (TPSA) is 26.0 Å². The molecule has 2 N–H and O–H groups in total. The van der Waals surface area contributed by atoms with E-state index in [4.69, 9.17) is 5.73 Å². The molecule has 0 amide bonds. The molecule has 2 heteroatoms. The van der Waals surface area contributed by atoms with E-state index in [1.165, 1.54) is 5.20 Å². The fraction of sp³-hybridized carbons (Fsp3) is 0.250. The van der Waals surface area contributed by atoms with Gasteiger partial charge in [0.15, 0.2) is 0 Å². The molecule has 0 aromatic heterocycles. The minimum atomic E-state index is -0.0763. The van der Waals surface area contributed by atoms with Gasteiger partial charge in [0.05, 0.1) is 9.52 Å². The third kappa shape index (κ3) is 4.15. The van der Waals surface area contributed by atoms with Crippen molar-refractivity contribution in [3.8, 4) is 0 Å². The Morgan fingerprint density at radius 1 is 1.50 bits per heavy atom. The quantitative estimate of drug-likeness (QED) is 0.477. The molecule has 0 saturated carbocycles. The van der Waals surface area contributed by atoms with Crippen LogP contribution in [0.15, 0.2) is 35.7 Å². The van der Waals surface area contributed by atoms with E-state index in [0.717, 1.165) is 5.70 Å². The van der Waals surface area contributed by atoms with E-state index >= 15 is 0 Å². The Bertz CT molecular complexity index is 168. The number of hydrogen-bond donors (Lipinski definition) is 1. The minimum Gasteiger partial charge on any atom is -0.399 e. The van der Waals surface area contributed by atoms with Gasteiger partial charge in [0.25, 0.3) is 0 Å². The Morgan fingerprint density at radius 2 is 2.10 bits per heavy atom. The van der Waals surface area contributed by atoms with Gasteiger partial charge in [0.2, 0.25) is 0 Å². The molecule has 10 heavy (non-hydrogen) atoms. The second-order valence-electron chi connectivity index (χ2n) is 2.13. The van der Waals surface area contributed by atoms with E-state index in [2.05, 4.69) is 13.1 Å². The smallest absolute Gasteiger partial charge is 0.0509 e. The summed E-state index contributed by atoms with van der Waals surface area (Å²) in [6.45, 7) is 8.00. The van der Waals surface area contributed by atoms with Gasteiger partial charge in [0, 0.05) is 5.70 Å². The molecule has 0 aromatic rings. The summed E-state index contributed by atoms with van der Waals surface area (Å²) in [5.74, 6) is 0. The summed E-state index contributed by atoms with van der Waals surface area (Å²) < 4.78 is 0. The second kappa shape index (κ2) is 5.06. The van der Waals surface area contributed by atoms with Gasteiger partial charge in [-0.05, 0) is 13.0 Å². The maximum absolute atomic E-state index is 5.52. The van der Waals surface area contributed by atoms with Crippen LogP contribution in [0.1, 0.15) is 6.92 Å². The van der Waals surface area contributed by atoms with Crippen LogP contribution in [0.5, 0.6) is 0 Å². The van der Waals surface area contributed by atoms with Gasteiger partial charge in [0.1, 0.15) is 0 Å². The number of nitrogens with two attached hydrogens (primary N) is 1. The van der Waals surface area contributed by atoms with Crippen molar-refractivity contribution in [3.05, 3.63) is 35.7 Å². The average Bonchev–Trinajstić information content (AvgIpc) is 1.99. The van der Waals surface area contributed by atoms with E-state index in [9.17, 15) is 0 Å². The van der Waals surface area contributed by atoms with Crippen LogP contribution < -0.4 is 5.73 Å². The van der Waals surface area contributed by atoms with Crippen molar-refractivity contribution in [3.63, 3.8) is 0 Å². The summed E-state index contributed by atoms with van der Waals surface area (Å²) in [5, 5.41) is 1.24. The van der Waals surface area contributed by atoms with Gasteiger partial charge >= 0.3 is 0 Å². The molecule has 0 aromatic carbocycles. The predicted molar refractivity (Wildman–Crippen MR) is 50.6 cm³/mol. The van der Waals surface area contributed by atoms with Crippen molar-refractivity contribution < 1.29 is 0 Å². The first-order valence-electron chi connectivity index (χ1n) is 3.48. The highest BCUT2D eigenvalue weighted by Crippen LogP contribution is 1.92. The zero-order valence-electron chi connectivity index (χ0n) is 6.72. The van der Waals surface area contributed by atoms with E-state index < -0.39 is 0 Å². The number of allylic oxidation sites excluding steroid dienone is 4. The van der Waals surface area contributed by atoms with Crippen molar-refractivity contribution in [1.29, 1.82) is 0 Å². The SMILES string of the molecule is C=C(/C=C\C(N)=C/C)[SiH2]C. The lowest BCUT2D eigenvalue weighted by molar-refractivity contribution is 1.39. The van der Waals surface area contributed by atoms with E-state index in [-0.39, 0.29) is 9.52 Å². The van der Waals surface area contributed by atoms with Crippen LogP contribution in [0.3, 0.4) is 0 Å². The lowest BCUT2D eigenvalue weighted by Crippen LogP contribution is -1.92. The Kier molecular flexibility index (Phi) is 4.67. The first kappa shape index (κ1) is 9.24. The molecule has 0 rings (SSSR count). The summed E-state index contributed by atoms with van der Waals surface area (Å²) in [6, 6.07) is 0. The van der Waals surface area contributed by atoms with E-state index in [1.54, 1.807) is 0 Å². The van der Waals surface area contributed by atoms with Gasteiger partial charge < -0.3 is 5.73 Å². The molecule has 0 aliphatic rings. The van der Waals surface area contributed by atoms with Crippen LogP contribution in [-0.2, 0) is 0 Å². The van der Waals surface area contributed by atoms with E-state index in [0.29, 0.717) is 0 Å². The normalized spacial score (nSPS) is 13.6. The molecule has 0 aliphatic heterocycles. The zero-order chi connectivity index (χ0) is 7.98. The fourth-order valence-corrected chi connectivity index (χ4v) is 0.782. The first-order valence-corrected chi connectivity index (χ1v) is 5.60. The third-order valence-corrected chi connectivity index (χ3v) is 2.44. The van der Waals surface area contributed by atoms with Gasteiger partial charge in [-0.2, -0.15) is 0 Å². The summed E-state index contributed by atoms with van der Waals surface area (Å²) in [4.78, 5) is 0. The van der Waals surface area contributed by atoms with Gasteiger partial charge in [-0.25, -0.2) is 0 Å². The van der Waals surface area contributed by atoms with Crippen molar-refractivity contribution in [2.75, 3.05) is 0 Å². The monoisotopic (exact) mass is 153 g/mol. The van der Waals surface area contributed by atoms with E-state index in [1.807, 2.05) is 25.2 Å². The molecule has 0 unspecified atom stereocenters. The van der Waals surface area contributed by atoms with Crippen LogP contribution in [-0.4, -0.2) is 9.52 Å². The molecule has 0 saturated heterocycles. The Balaban J connectivity index is 3.88. The molecule has 0 fully saturated rings. The highest BCUT2D eigenvalue weighted by atomic mass is 28.2. The Hall–Kier alpha value is -0.763. The van der Waals surface area contributed by atoms with Crippen LogP contribution >= 0.6 is 0 Å². The molecule has 56 valence electrons. The molecule has 0 heterocycles. The van der Waals surface area contributed by atoms with Crippen LogP contribution in [0.2, 0.25) is 6.55 Å². The maximum Gasteiger partial charge on any atom is 0.0509 e. The van der Waals surface area contributed by atoms with Crippen molar-refractivity contribution >= 4 is 9.52 Å². The van der Waals surface area contributed by atoms with Gasteiger partial charge in [-0.3, -0.25) is 0 Å². The van der Waals surface area contributed by atoms with Gasteiger partial charge in [-0.15, -0.1) is 6.58 Å². The Labute approximate surface area is 65.1 Å². The minimum absolute atomic E-state index is 0.0763. The number of rotatable bonds is 3. The number of hydrogen-bond acceptors (Lipinski definition) is 1. The maximum atomic E-state index is 5.52. The first-order chi connectivity index (χ1) is 4.70. The molecule has 0 aliphatic carbocycles.